The third-order valence-electron chi connectivity index (χ3n) is 3.37. The molecule has 3 heteroatoms. The fourth-order valence-electron chi connectivity index (χ4n) is 2.58. The van der Waals surface area contributed by atoms with Crippen molar-refractivity contribution in [3.63, 3.8) is 0 Å². The van der Waals surface area contributed by atoms with Gasteiger partial charge in [0.2, 0.25) is 0 Å². The van der Waals surface area contributed by atoms with Crippen LogP contribution in [-0.4, -0.2) is 10.8 Å². The molecule has 0 unspecified atom stereocenters. The van der Waals surface area contributed by atoms with Crippen molar-refractivity contribution in [2.45, 2.75) is 0 Å². The SMILES string of the molecule is O=C1c2ccc[c-]c2-c2nccc3cccc1c23.[Ir]. The Labute approximate surface area is 123 Å². The van der Waals surface area contributed by atoms with Crippen molar-refractivity contribution >= 4 is 16.6 Å². The molecule has 1 aliphatic rings. The number of hydrogen-bond acceptors (Lipinski definition) is 2. The second-order valence-corrected chi connectivity index (χ2v) is 4.35. The quantitative estimate of drug-likeness (QED) is 0.407. The van der Waals surface area contributed by atoms with Gasteiger partial charge in [0.15, 0.2) is 5.78 Å². The minimum absolute atomic E-state index is 0. The van der Waals surface area contributed by atoms with Crippen LogP contribution >= 0.6 is 0 Å². The van der Waals surface area contributed by atoms with E-state index in [4.69, 9.17) is 0 Å². The summed E-state index contributed by atoms with van der Waals surface area (Å²) >= 11 is 0. The summed E-state index contributed by atoms with van der Waals surface area (Å²) in [4.78, 5) is 16.9. The second kappa shape index (κ2) is 4.37. The molecule has 1 radical (unpaired) electrons. The van der Waals surface area contributed by atoms with Crippen molar-refractivity contribution in [2.24, 2.45) is 0 Å². The van der Waals surface area contributed by atoms with E-state index in [0.717, 1.165) is 27.6 Å². The topological polar surface area (TPSA) is 30.0 Å². The molecule has 2 nitrogen and oxygen atoms in total. The fraction of sp³-hybridized carbons (Fsp3) is 0. The molecule has 2 aromatic carbocycles. The van der Waals surface area contributed by atoms with E-state index < -0.39 is 0 Å². The minimum Gasteiger partial charge on any atom is -0.304 e. The van der Waals surface area contributed by atoms with Crippen molar-refractivity contribution in [1.29, 1.82) is 0 Å². The first-order chi connectivity index (χ1) is 8.86. The second-order valence-electron chi connectivity index (χ2n) is 4.35. The molecule has 1 heterocycles. The molecule has 0 aliphatic heterocycles. The van der Waals surface area contributed by atoms with E-state index in [2.05, 4.69) is 11.1 Å². The molecular formula is C16H8IrNO-. The van der Waals surface area contributed by atoms with Gasteiger partial charge < -0.3 is 4.98 Å². The number of rotatable bonds is 0. The van der Waals surface area contributed by atoms with Crippen LogP contribution in [0, 0.1) is 6.07 Å². The average molecular weight is 422 g/mol. The Bertz CT molecular complexity index is 805. The predicted octanol–water partition coefficient (Wildman–Crippen LogP) is 3.24. The van der Waals surface area contributed by atoms with Gasteiger partial charge in [-0.05, 0) is 22.5 Å². The maximum Gasteiger partial charge on any atom is 0.152 e. The van der Waals surface area contributed by atoms with Crippen LogP contribution < -0.4 is 0 Å². The van der Waals surface area contributed by atoms with E-state index in [1.54, 1.807) is 6.20 Å². The van der Waals surface area contributed by atoms with E-state index >= 15 is 0 Å². The molecule has 1 aliphatic carbocycles. The number of carbonyl (C=O) groups excluding carboxylic acids is 1. The molecular weight excluding hydrogens is 414 g/mol. The van der Waals surface area contributed by atoms with Gasteiger partial charge in [0.05, 0.1) is 0 Å². The predicted molar refractivity (Wildman–Crippen MR) is 69.4 cm³/mol. The number of benzene rings is 2. The van der Waals surface area contributed by atoms with Gasteiger partial charge in [-0.3, -0.25) is 4.79 Å². The van der Waals surface area contributed by atoms with Crippen molar-refractivity contribution in [1.82, 2.24) is 4.98 Å². The third-order valence-corrected chi connectivity index (χ3v) is 3.37. The zero-order chi connectivity index (χ0) is 12.1. The summed E-state index contributed by atoms with van der Waals surface area (Å²) in [5.41, 5.74) is 3.10. The number of hydrogen-bond donors (Lipinski definition) is 0. The molecule has 0 amide bonds. The first-order valence-electron chi connectivity index (χ1n) is 5.80. The summed E-state index contributed by atoms with van der Waals surface area (Å²) in [6.07, 6.45) is 1.78. The number of aromatic nitrogens is 1. The summed E-state index contributed by atoms with van der Waals surface area (Å²) in [5, 5.41) is 1.99. The standard InChI is InChI=1S/C16H8NO.Ir/c18-16-12-6-2-1-5-11(12)15-14-10(8-9-17-15)4-3-7-13(14)16;/h1-4,6-9H;/q-1;. The van der Waals surface area contributed by atoms with Crippen LogP contribution in [0.3, 0.4) is 0 Å². The van der Waals surface area contributed by atoms with Gasteiger partial charge in [-0.15, -0.1) is 29.8 Å². The Morgan fingerprint density at radius 3 is 2.74 bits per heavy atom. The van der Waals surface area contributed by atoms with Crippen LogP contribution in [0.4, 0.5) is 0 Å². The van der Waals surface area contributed by atoms with Gasteiger partial charge in [-0.2, -0.15) is 0 Å². The number of carbonyl (C=O) groups is 1. The molecule has 4 rings (SSSR count). The summed E-state index contributed by atoms with van der Waals surface area (Å²) in [5.74, 6) is 0.0629. The van der Waals surface area contributed by atoms with Crippen molar-refractivity contribution in [2.75, 3.05) is 0 Å². The van der Waals surface area contributed by atoms with E-state index in [0.29, 0.717) is 5.56 Å². The van der Waals surface area contributed by atoms with Gasteiger partial charge in [0.25, 0.3) is 0 Å². The Morgan fingerprint density at radius 1 is 1.00 bits per heavy atom. The Kier molecular flexibility index (Phi) is 2.81. The molecule has 0 fully saturated rings. The first kappa shape index (κ1) is 12.2. The molecule has 0 saturated carbocycles. The minimum atomic E-state index is 0. The maximum atomic E-state index is 12.4. The summed E-state index contributed by atoms with van der Waals surface area (Å²) in [7, 11) is 0. The maximum absolute atomic E-state index is 12.4. The van der Waals surface area contributed by atoms with Crippen molar-refractivity contribution < 1.29 is 24.9 Å². The number of ketones is 1. The van der Waals surface area contributed by atoms with Crippen LogP contribution in [0.25, 0.3) is 22.0 Å². The molecule has 0 spiro atoms. The normalized spacial score (nSPS) is 11.9. The zero-order valence-corrected chi connectivity index (χ0v) is 12.2. The largest absolute Gasteiger partial charge is 0.304 e. The third kappa shape index (κ3) is 1.59. The molecule has 1 aromatic heterocycles. The zero-order valence-electron chi connectivity index (χ0n) is 9.81. The van der Waals surface area contributed by atoms with Gasteiger partial charge in [0, 0.05) is 31.9 Å². The Hall–Kier alpha value is -1.83. The van der Waals surface area contributed by atoms with E-state index in [1.807, 2.05) is 42.5 Å². The van der Waals surface area contributed by atoms with Gasteiger partial charge in [-0.25, -0.2) is 0 Å². The van der Waals surface area contributed by atoms with Crippen LogP contribution in [0.2, 0.25) is 0 Å². The molecule has 19 heavy (non-hydrogen) atoms. The molecule has 0 atom stereocenters. The van der Waals surface area contributed by atoms with Crippen LogP contribution in [0.1, 0.15) is 15.9 Å². The number of pyridine rings is 1. The fourth-order valence-corrected chi connectivity index (χ4v) is 2.58. The van der Waals surface area contributed by atoms with E-state index in [-0.39, 0.29) is 25.9 Å². The monoisotopic (exact) mass is 423 g/mol. The van der Waals surface area contributed by atoms with Crippen LogP contribution in [-0.2, 0) is 20.1 Å². The van der Waals surface area contributed by atoms with Crippen molar-refractivity contribution in [3.05, 3.63) is 65.9 Å². The summed E-state index contributed by atoms with van der Waals surface area (Å²) < 4.78 is 0. The molecule has 3 aromatic rings. The molecule has 93 valence electrons. The number of fused-ring (bicyclic) bond motifs is 2. The smallest absolute Gasteiger partial charge is 0.152 e. The Balaban J connectivity index is 0.00000110. The molecule has 0 saturated heterocycles. The first-order valence-corrected chi connectivity index (χ1v) is 5.80. The summed E-state index contributed by atoms with van der Waals surface area (Å²) in [6.45, 7) is 0. The average Bonchev–Trinajstić information content (AvgIpc) is 2.44. The number of nitrogens with zero attached hydrogens (tertiary/aromatic N) is 1. The molecule has 0 bridgehead atoms. The van der Waals surface area contributed by atoms with Crippen LogP contribution in [0.5, 0.6) is 0 Å². The van der Waals surface area contributed by atoms with E-state index in [9.17, 15) is 4.79 Å². The van der Waals surface area contributed by atoms with Crippen LogP contribution in [0.15, 0.2) is 48.7 Å². The van der Waals surface area contributed by atoms with Gasteiger partial charge >= 0.3 is 0 Å². The van der Waals surface area contributed by atoms with Crippen molar-refractivity contribution in [3.8, 4) is 11.3 Å². The van der Waals surface area contributed by atoms with E-state index in [1.165, 1.54) is 0 Å². The van der Waals surface area contributed by atoms with Gasteiger partial charge in [0.1, 0.15) is 0 Å². The molecule has 0 N–H and O–H groups in total. The van der Waals surface area contributed by atoms with Gasteiger partial charge in [-0.1, -0.05) is 23.8 Å². The Morgan fingerprint density at radius 2 is 1.84 bits per heavy atom. The summed E-state index contributed by atoms with van der Waals surface area (Å²) in [6, 6.07) is 16.4.